The van der Waals surface area contributed by atoms with Crippen LogP contribution in [0.2, 0.25) is 0 Å². The molecular formula is C14H19NO2. The standard InChI is InChI=1S/C14H19NO2/c16-13(11-7-3-1-4-8-11)14(17)15-12-9-5-2-6-10-12/h1,3-4,7-8,12-13,16H,2,5-6,9-10H2,(H,15,17)/t13-/m0/s1. The van der Waals surface area contributed by atoms with Crippen molar-refractivity contribution in [1.82, 2.24) is 5.32 Å². The first kappa shape index (κ1) is 12.1. The highest BCUT2D eigenvalue weighted by atomic mass is 16.3. The van der Waals surface area contributed by atoms with Crippen molar-refractivity contribution in [3.8, 4) is 0 Å². The second-order valence-electron chi connectivity index (χ2n) is 4.66. The Bertz CT molecular complexity index is 358. The number of hydrogen-bond acceptors (Lipinski definition) is 2. The molecule has 1 fully saturated rings. The lowest BCUT2D eigenvalue weighted by atomic mass is 9.95. The summed E-state index contributed by atoms with van der Waals surface area (Å²) in [6, 6.07) is 9.30. The summed E-state index contributed by atoms with van der Waals surface area (Å²) in [6.45, 7) is 0. The van der Waals surface area contributed by atoms with Gasteiger partial charge in [-0.05, 0) is 18.4 Å². The fraction of sp³-hybridized carbons (Fsp3) is 0.500. The van der Waals surface area contributed by atoms with Gasteiger partial charge in [-0.3, -0.25) is 4.79 Å². The fourth-order valence-corrected chi connectivity index (χ4v) is 2.31. The number of hydrogen-bond donors (Lipinski definition) is 2. The summed E-state index contributed by atoms with van der Waals surface area (Å²) in [7, 11) is 0. The summed E-state index contributed by atoms with van der Waals surface area (Å²) < 4.78 is 0. The van der Waals surface area contributed by atoms with Gasteiger partial charge in [-0.2, -0.15) is 0 Å². The summed E-state index contributed by atoms with van der Waals surface area (Å²) in [4.78, 5) is 11.9. The van der Waals surface area contributed by atoms with Gasteiger partial charge in [0.05, 0.1) is 0 Å². The van der Waals surface area contributed by atoms with Crippen LogP contribution in [0.5, 0.6) is 0 Å². The van der Waals surface area contributed by atoms with Crippen molar-refractivity contribution in [1.29, 1.82) is 0 Å². The molecule has 0 bridgehead atoms. The van der Waals surface area contributed by atoms with Crippen molar-refractivity contribution in [2.45, 2.75) is 44.2 Å². The lowest BCUT2D eigenvalue weighted by Gasteiger charge is -2.24. The Morgan fingerprint density at radius 3 is 2.47 bits per heavy atom. The molecule has 1 aromatic carbocycles. The lowest BCUT2D eigenvalue weighted by molar-refractivity contribution is -0.130. The van der Waals surface area contributed by atoms with Crippen molar-refractivity contribution < 1.29 is 9.90 Å². The number of benzene rings is 1. The first-order chi connectivity index (χ1) is 8.27. The van der Waals surface area contributed by atoms with E-state index in [2.05, 4.69) is 5.32 Å². The maximum atomic E-state index is 11.9. The Morgan fingerprint density at radius 2 is 1.82 bits per heavy atom. The largest absolute Gasteiger partial charge is 0.378 e. The summed E-state index contributed by atoms with van der Waals surface area (Å²) in [5.74, 6) is -0.275. The Kier molecular flexibility index (Phi) is 4.15. The first-order valence-corrected chi connectivity index (χ1v) is 6.31. The fourth-order valence-electron chi connectivity index (χ4n) is 2.31. The average Bonchev–Trinajstić information content (AvgIpc) is 2.40. The Labute approximate surface area is 102 Å². The molecular weight excluding hydrogens is 214 g/mol. The van der Waals surface area contributed by atoms with Crippen molar-refractivity contribution in [3.63, 3.8) is 0 Å². The van der Waals surface area contributed by atoms with Gasteiger partial charge in [0.15, 0.2) is 6.10 Å². The third kappa shape index (κ3) is 3.30. The molecule has 17 heavy (non-hydrogen) atoms. The monoisotopic (exact) mass is 233 g/mol. The van der Waals surface area contributed by atoms with Crippen LogP contribution in [0.4, 0.5) is 0 Å². The van der Waals surface area contributed by atoms with E-state index < -0.39 is 6.10 Å². The molecule has 0 heterocycles. The molecule has 1 aliphatic carbocycles. The van der Waals surface area contributed by atoms with Gasteiger partial charge in [-0.15, -0.1) is 0 Å². The van der Waals surface area contributed by atoms with Crippen LogP contribution in [0.3, 0.4) is 0 Å². The van der Waals surface area contributed by atoms with Crippen LogP contribution in [0.15, 0.2) is 30.3 Å². The number of aliphatic hydroxyl groups excluding tert-OH is 1. The summed E-state index contributed by atoms with van der Waals surface area (Å²) in [6.07, 6.45) is 4.63. The molecule has 0 unspecified atom stereocenters. The van der Waals surface area contributed by atoms with Crippen LogP contribution in [0.25, 0.3) is 0 Å². The van der Waals surface area contributed by atoms with Gasteiger partial charge in [-0.25, -0.2) is 0 Å². The molecule has 0 radical (unpaired) electrons. The van der Waals surface area contributed by atoms with Crippen molar-refractivity contribution >= 4 is 5.91 Å². The van der Waals surface area contributed by atoms with Crippen molar-refractivity contribution in [3.05, 3.63) is 35.9 Å². The molecule has 2 N–H and O–H groups in total. The minimum atomic E-state index is -1.04. The third-order valence-electron chi connectivity index (χ3n) is 3.32. The molecule has 3 heteroatoms. The van der Waals surface area contributed by atoms with Gasteiger partial charge >= 0.3 is 0 Å². The summed E-state index contributed by atoms with van der Waals surface area (Å²) in [5.41, 5.74) is 0.654. The molecule has 1 aromatic rings. The van der Waals surface area contributed by atoms with Crippen LogP contribution in [0, 0.1) is 0 Å². The highest BCUT2D eigenvalue weighted by molar-refractivity contribution is 5.82. The average molecular weight is 233 g/mol. The van der Waals surface area contributed by atoms with Gasteiger partial charge in [0.2, 0.25) is 0 Å². The van der Waals surface area contributed by atoms with E-state index in [4.69, 9.17) is 0 Å². The molecule has 0 aliphatic heterocycles. The molecule has 1 atom stereocenters. The maximum absolute atomic E-state index is 11.9. The normalized spacial score (nSPS) is 18.6. The van der Waals surface area contributed by atoms with Gasteiger partial charge in [0, 0.05) is 6.04 Å². The molecule has 2 rings (SSSR count). The SMILES string of the molecule is O=C(NC1CCCCC1)[C@@H](O)c1ccccc1. The zero-order valence-corrected chi connectivity index (χ0v) is 9.93. The topological polar surface area (TPSA) is 49.3 Å². The van der Waals surface area contributed by atoms with E-state index in [9.17, 15) is 9.90 Å². The third-order valence-corrected chi connectivity index (χ3v) is 3.32. The molecule has 1 amide bonds. The highest BCUT2D eigenvalue weighted by Crippen LogP contribution is 2.19. The zero-order chi connectivity index (χ0) is 12.1. The quantitative estimate of drug-likeness (QED) is 0.840. The van der Waals surface area contributed by atoms with Gasteiger partial charge < -0.3 is 10.4 Å². The van der Waals surface area contributed by atoms with E-state index in [1.54, 1.807) is 12.1 Å². The van der Waals surface area contributed by atoms with E-state index in [0.29, 0.717) is 5.56 Å². The number of carbonyl (C=O) groups excluding carboxylic acids is 1. The number of nitrogens with one attached hydrogen (secondary N) is 1. The van der Waals surface area contributed by atoms with E-state index in [-0.39, 0.29) is 11.9 Å². The minimum Gasteiger partial charge on any atom is -0.378 e. The molecule has 1 aliphatic rings. The number of carbonyl (C=O) groups is 1. The number of aliphatic hydroxyl groups is 1. The maximum Gasteiger partial charge on any atom is 0.253 e. The van der Waals surface area contributed by atoms with Crippen molar-refractivity contribution in [2.24, 2.45) is 0 Å². The molecule has 0 spiro atoms. The van der Waals surface area contributed by atoms with E-state index in [1.807, 2.05) is 18.2 Å². The van der Waals surface area contributed by atoms with Gasteiger partial charge in [0.1, 0.15) is 0 Å². The molecule has 0 aromatic heterocycles. The predicted octanol–water partition coefficient (Wildman–Crippen LogP) is 2.17. The first-order valence-electron chi connectivity index (χ1n) is 6.31. The molecule has 1 saturated carbocycles. The van der Waals surface area contributed by atoms with E-state index in [1.165, 1.54) is 19.3 Å². The highest BCUT2D eigenvalue weighted by Gasteiger charge is 2.21. The Hall–Kier alpha value is -1.35. The van der Waals surface area contributed by atoms with E-state index in [0.717, 1.165) is 12.8 Å². The molecule has 3 nitrogen and oxygen atoms in total. The summed E-state index contributed by atoms with van der Waals surface area (Å²) >= 11 is 0. The number of amides is 1. The lowest BCUT2D eigenvalue weighted by Crippen LogP contribution is -2.39. The van der Waals surface area contributed by atoms with E-state index >= 15 is 0 Å². The van der Waals surface area contributed by atoms with Crippen LogP contribution in [-0.4, -0.2) is 17.1 Å². The van der Waals surface area contributed by atoms with Crippen LogP contribution < -0.4 is 5.32 Å². The summed E-state index contributed by atoms with van der Waals surface area (Å²) in [5, 5.41) is 12.8. The second kappa shape index (κ2) is 5.82. The minimum absolute atomic E-state index is 0.245. The second-order valence-corrected chi connectivity index (χ2v) is 4.66. The van der Waals surface area contributed by atoms with Crippen LogP contribution in [0.1, 0.15) is 43.8 Å². The predicted molar refractivity (Wildman–Crippen MR) is 66.4 cm³/mol. The molecule has 92 valence electrons. The van der Waals surface area contributed by atoms with Crippen molar-refractivity contribution in [2.75, 3.05) is 0 Å². The zero-order valence-electron chi connectivity index (χ0n) is 9.93. The smallest absolute Gasteiger partial charge is 0.253 e. The molecule has 0 saturated heterocycles. The Morgan fingerprint density at radius 1 is 1.18 bits per heavy atom. The van der Waals surface area contributed by atoms with Crippen LogP contribution in [-0.2, 0) is 4.79 Å². The van der Waals surface area contributed by atoms with Crippen LogP contribution >= 0.6 is 0 Å². The van der Waals surface area contributed by atoms with Gasteiger partial charge in [-0.1, -0.05) is 49.6 Å². The Balaban J connectivity index is 1.91. The number of rotatable bonds is 3. The van der Waals surface area contributed by atoms with Gasteiger partial charge in [0.25, 0.3) is 5.91 Å².